The lowest BCUT2D eigenvalue weighted by Crippen LogP contribution is -2.24. The second-order valence-electron chi connectivity index (χ2n) is 7.72. The van der Waals surface area contributed by atoms with Crippen LogP contribution in [0.1, 0.15) is 19.4 Å². The second kappa shape index (κ2) is 12.1. The Hall–Kier alpha value is -4.31. The highest BCUT2D eigenvalue weighted by atomic mass is 32.2. The molecule has 0 aliphatic carbocycles. The van der Waals surface area contributed by atoms with Crippen molar-refractivity contribution in [2.75, 3.05) is 19.0 Å². The number of amides is 1. The number of fused-ring (bicyclic) bond motifs is 1. The molecule has 0 aliphatic heterocycles. The van der Waals surface area contributed by atoms with Gasteiger partial charge in [0, 0.05) is 0 Å². The molecule has 0 radical (unpaired) electrons. The van der Waals surface area contributed by atoms with E-state index in [2.05, 4.69) is 15.5 Å². The highest BCUT2D eigenvalue weighted by molar-refractivity contribution is 7.99. The Morgan fingerprint density at radius 3 is 2.59 bits per heavy atom. The number of phenols is 1. The normalized spacial score (nSPS) is 11.1. The van der Waals surface area contributed by atoms with Gasteiger partial charge >= 0.3 is 0 Å². The number of benzene rings is 3. The van der Waals surface area contributed by atoms with Gasteiger partial charge in [0.2, 0.25) is 0 Å². The maximum Gasteiger partial charge on any atom is 0.266 e. The molecule has 10 heteroatoms. The lowest BCUT2D eigenvalue weighted by molar-refractivity contribution is -0.118. The Kier molecular flexibility index (Phi) is 8.42. The third-order valence-electron chi connectivity index (χ3n) is 5.17. The van der Waals surface area contributed by atoms with Crippen LogP contribution in [0.3, 0.4) is 0 Å². The van der Waals surface area contributed by atoms with Crippen molar-refractivity contribution in [1.29, 1.82) is 0 Å². The average Bonchev–Trinajstić information content (AvgIpc) is 2.90. The molecule has 1 amide bonds. The molecule has 0 bridgehead atoms. The quantitative estimate of drug-likeness (QED) is 0.140. The molecule has 0 spiro atoms. The summed E-state index contributed by atoms with van der Waals surface area (Å²) in [7, 11) is 0. The SMILES string of the molecule is CCOc1ccc(-n2c(SCC(=O)NN=Cc3ccc(O)c(OCC)c3)nc3ccccc3c2=O)cc1. The van der Waals surface area contributed by atoms with Crippen LogP contribution in [0, 0.1) is 0 Å². The lowest BCUT2D eigenvalue weighted by Gasteiger charge is -2.13. The zero-order valence-electron chi connectivity index (χ0n) is 20.4. The third-order valence-corrected chi connectivity index (χ3v) is 6.11. The summed E-state index contributed by atoms with van der Waals surface area (Å²) in [5.41, 5.74) is 4.06. The number of phenolic OH excluding ortho intramolecular Hbond substituents is 1. The zero-order valence-corrected chi connectivity index (χ0v) is 21.2. The maximum absolute atomic E-state index is 13.4. The molecule has 3 aromatic carbocycles. The molecule has 0 saturated heterocycles. The van der Waals surface area contributed by atoms with Gasteiger partial charge in [0.1, 0.15) is 5.75 Å². The number of aromatic nitrogens is 2. The van der Waals surface area contributed by atoms with Crippen molar-refractivity contribution < 1.29 is 19.4 Å². The Bertz CT molecular complexity index is 1480. The van der Waals surface area contributed by atoms with Crippen molar-refractivity contribution >= 4 is 34.8 Å². The zero-order chi connectivity index (χ0) is 26.2. The average molecular weight is 519 g/mol. The van der Waals surface area contributed by atoms with Crippen LogP contribution in [0.2, 0.25) is 0 Å². The summed E-state index contributed by atoms with van der Waals surface area (Å²) >= 11 is 1.13. The molecule has 0 fully saturated rings. The first-order chi connectivity index (χ1) is 18.0. The molecule has 4 aromatic rings. The number of hydrazone groups is 1. The van der Waals surface area contributed by atoms with Crippen LogP contribution in [0.25, 0.3) is 16.6 Å². The van der Waals surface area contributed by atoms with E-state index in [0.717, 1.165) is 11.8 Å². The number of hydrogen-bond acceptors (Lipinski definition) is 8. The Morgan fingerprint density at radius 2 is 1.84 bits per heavy atom. The third kappa shape index (κ3) is 6.28. The van der Waals surface area contributed by atoms with Crippen molar-refractivity contribution in [2.24, 2.45) is 5.10 Å². The number of para-hydroxylation sites is 1. The van der Waals surface area contributed by atoms with Crippen LogP contribution in [-0.4, -0.2) is 45.7 Å². The Morgan fingerprint density at radius 1 is 1.08 bits per heavy atom. The van der Waals surface area contributed by atoms with E-state index in [1.165, 1.54) is 16.8 Å². The van der Waals surface area contributed by atoms with Crippen LogP contribution < -0.4 is 20.5 Å². The minimum atomic E-state index is -0.370. The number of rotatable bonds is 10. The van der Waals surface area contributed by atoms with Gasteiger partial charge in [0.25, 0.3) is 11.5 Å². The van der Waals surface area contributed by atoms with Crippen LogP contribution in [0.5, 0.6) is 17.2 Å². The number of carbonyl (C=O) groups is 1. The Labute approximate surface area is 217 Å². The van der Waals surface area contributed by atoms with Crippen LogP contribution in [-0.2, 0) is 4.79 Å². The highest BCUT2D eigenvalue weighted by Gasteiger charge is 2.15. The first kappa shape index (κ1) is 25.8. The van der Waals surface area contributed by atoms with E-state index in [1.807, 2.05) is 19.9 Å². The van der Waals surface area contributed by atoms with E-state index in [1.54, 1.807) is 54.6 Å². The number of carbonyl (C=O) groups excluding carboxylic acids is 1. The van der Waals surface area contributed by atoms with E-state index in [9.17, 15) is 14.7 Å². The first-order valence-corrected chi connectivity index (χ1v) is 12.6. The number of nitrogens with zero attached hydrogens (tertiary/aromatic N) is 3. The highest BCUT2D eigenvalue weighted by Crippen LogP contribution is 2.26. The fourth-order valence-electron chi connectivity index (χ4n) is 3.52. The van der Waals surface area contributed by atoms with E-state index in [0.29, 0.717) is 52.0 Å². The predicted octanol–water partition coefficient (Wildman–Crippen LogP) is 4.13. The van der Waals surface area contributed by atoms with Crippen LogP contribution in [0.4, 0.5) is 0 Å². The van der Waals surface area contributed by atoms with Crippen molar-refractivity contribution in [2.45, 2.75) is 19.0 Å². The maximum atomic E-state index is 13.4. The fourth-order valence-corrected chi connectivity index (χ4v) is 4.32. The van der Waals surface area contributed by atoms with Gasteiger partial charge in [-0.05, 0) is 74.0 Å². The molecule has 1 heterocycles. The van der Waals surface area contributed by atoms with E-state index >= 15 is 0 Å². The Balaban J connectivity index is 1.52. The van der Waals surface area contributed by atoms with E-state index in [-0.39, 0.29) is 23.0 Å². The summed E-state index contributed by atoms with van der Waals surface area (Å²) in [6.45, 7) is 4.67. The second-order valence-corrected chi connectivity index (χ2v) is 8.66. The molecular weight excluding hydrogens is 492 g/mol. The van der Waals surface area contributed by atoms with Crippen LogP contribution in [0.15, 0.2) is 81.8 Å². The van der Waals surface area contributed by atoms with E-state index in [4.69, 9.17) is 9.47 Å². The monoisotopic (exact) mass is 518 g/mol. The summed E-state index contributed by atoms with van der Waals surface area (Å²) in [6, 6.07) is 19.0. The molecule has 4 rings (SSSR count). The van der Waals surface area contributed by atoms with Gasteiger partial charge in [-0.15, -0.1) is 0 Å². The molecular formula is C27H26N4O5S. The summed E-state index contributed by atoms with van der Waals surface area (Å²) in [4.78, 5) is 30.5. The van der Waals surface area contributed by atoms with E-state index < -0.39 is 0 Å². The summed E-state index contributed by atoms with van der Waals surface area (Å²) in [5.74, 6) is 0.676. The number of ether oxygens (including phenoxy) is 2. The van der Waals surface area contributed by atoms with Crippen molar-refractivity contribution in [3.8, 4) is 22.9 Å². The molecule has 1 aromatic heterocycles. The molecule has 0 saturated carbocycles. The van der Waals surface area contributed by atoms with Gasteiger partial charge in [-0.3, -0.25) is 14.2 Å². The largest absolute Gasteiger partial charge is 0.504 e. The van der Waals surface area contributed by atoms with Gasteiger partial charge < -0.3 is 14.6 Å². The predicted molar refractivity (Wildman–Crippen MR) is 144 cm³/mol. The molecule has 0 unspecified atom stereocenters. The molecule has 0 atom stereocenters. The molecule has 37 heavy (non-hydrogen) atoms. The number of hydrogen-bond donors (Lipinski definition) is 2. The van der Waals surface area contributed by atoms with Gasteiger partial charge in [0.15, 0.2) is 16.7 Å². The van der Waals surface area contributed by atoms with Crippen LogP contribution >= 0.6 is 11.8 Å². The standard InChI is InChI=1S/C27H26N4O5S/c1-3-35-20-12-10-19(11-13-20)31-26(34)21-7-5-6-8-22(21)29-27(31)37-17-25(33)30-28-16-18-9-14-23(32)24(15-18)36-4-2/h5-16,32H,3-4,17H2,1-2H3,(H,30,33). The van der Waals surface area contributed by atoms with Crippen molar-refractivity contribution in [3.05, 3.63) is 82.6 Å². The summed E-state index contributed by atoms with van der Waals surface area (Å²) in [5, 5.41) is 14.7. The van der Waals surface area contributed by atoms with Gasteiger partial charge in [0.05, 0.1) is 41.8 Å². The number of aromatic hydroxyl groups is 1. The molecule has 0 aliphatic rings. The molecule has 2 N–H and O–H groups in total. The van der Waals surface area contributed by atoms with Gasteiger partial charge in [-0.25, -0.2) is 10.4 Å². The van der Waals surface area contributed by atoms with Crippen molar-refractivity contribution in [1.82, 2.24) is 15.0 Å². The summed E-state index contributed by atoms with van der Waals surface area (Å²) < 4.78 is 12.4. The number of thioether (sulfide) groups is 1. The first-order valence-electron chi connectivity index (χ1n) is 11.7. The van der Waals surface area contributed by atoms with Gasteiger partial charge in [-0.2, -0.15) is 5.10 Å². The number of nitrogens with one attached hydrogen (secondary N) is 1. The van der Waals surface area contributed by atoms with Gasteiger partial charge in [-0.1, -0.05) is 23.9 Å². The lowest BCUT2D eigenvalue weighted by atomic mass is 10.2. The summed E-state index contributed by atoms with van der Waals surface area (Å²) in [6.07, 6.45) is 1.45. The topological polar surface area (TPSA) is 115 Å². The minimum Gasteiger partial charge on any atom is -0.504 e. The fraction of sp³-hybridized carbons (Fsp3) is 0.185. The smallest absolute Gasteiger partial charge is 0.266 e. The van der Waals surface area contributed by atoms with Crippen molar-refractivity contribution in [3.63, 3.8) is 0 Å². The molecule has 9 nitrogen and oxygen atoms in total. The molecule has 190 valence electrons. The minimum absolute atomic E-state index is 0.0150.